The molecule has 0 aromatic heterocycles. The van der Waals surface area contributed by atoms with Crippen molar-refractivity contribution in [3.63, 3.8) is 0 Å². The number of anilines is 2. The maximum atomic E-state index is 9.29. The number of methoxy groups -OCH3 is 1. The van der Waals surface area contributed by atoms with E-state index in [1.807, 2.05) is 54.4 Å². The number of ether oxygens (including phenoxy) is 1. The summed E-state index contributed by atoms with van der Waals surface area (Å²) in [6.45, 7) is 0. The zero-order chi connectivity index (χ0) is 14.5. The maximum Gasteiger partial charge on any atom is 0.120 e. The minimum atomic E-state index is 0.401. The molecule has 0 spiro atoms. The van der Waals surface area contributed by atoms with Crippen molar-refractivity contribution in [2.24, 2.45) is 0 Å². The highest BCUT2D eigenvalue weighted by molar-refractivity contribution is 6.17. The summed E-state index contributed by atoms with van der Waals surface area (Å²) in [4.78, 5) is 1.96. The summed E-state index contributed by atoms with van der Waals surface area (Å²) in [5.41, 5.74) is 3.34. The average Bonchev–Trinajstić information content (AvgIpc) is 2.53. The molecule has 4 heteroatoms. The zero-order valence-electron chi connectivity index (χ0n) is 11.4. The Morgan fingerprint density at radius 2 is 2.05 bits per heavy atom. The molecule has 20 heavy (non-hydrogen) atoms. The molecule has 0 heterocycles. The van der Waals surface area contributed by atoms with Crippen LogP contribution < -0.4 is 9.64 Å². The fourth-order valence-corrected chi connectivity index (χ4v) is 2.17. The van der Waals surface area contributed by atoms with Gasteiger partial charge in [-0.25, -0.2) is 0 Å². The van der Waals surface area contributed by atoms with Gasteiger partial charge in [0.15, 0.2) is 0 Å². The summed E-state index contributed by atoms with van der Waals surface area (Å²) in [5.74, 6) is 1.18. The standard InChI is InChI=1S/C16H15ClN2O/c1-19(14-4-3-5-15(9-14)20-2)16-7-6-12(10-17)8-13(16)11-18/h3-9H,10H2,1-2H3. The van der Waals surface area contributed by atoms with Crippen LogP contribution in [-0.2, 0) is 5.88 Å². The van der Waals surface area contributed by atoms with Gasteiger partial charge in [0.05, 0.1) is 18.4 Å². The van der Waals surface area contributed by atoms with Gasteiger partial charge in [0, 0.05) is 24.7 Å². The molecule has 0 aliphatic heterocycles. The van der Waals surface area contributed by atoms with Gasteiger partial charge in [0.2, 0.25) is 0 Å². The number of alkyl halides is 1. The van der Waals surface area contributed by atoms with Gasteiger partial charge < -0.3 is 9.64 Å². The molecule has 102 valence electrons. The molecule has 0 atom stereocenters. The zero-order valence-corrected chi connectivity index (χ0v) is 12.2. The Morgan fingerprint density at radius 1 is 1.25 bits per heavy atom. The first-order chi connectivity index (χ1) is 9.69. The SMILES string of the molecule is COc1cccc(N(C)c2ccc(CCl)cc2C#N)c1. The van der Waals surface area contributed by atoms with Crippen LogP contribution in [0.5, 0.6) is 5.75 Å². The molecule has 0 aliphatic carbocycles. The quantitative estimate of drug-likeness (QED) is 0.795. The third-order valence-electron chi connectivity index (χ3n) is 3.14. The molecular weight excluding hydrogens is 272 g/mol. The average molecular weight is 287 g/mol. The topological polar surface area (TPSA) is 36.3 Å². The van der Waals surface area contributed by atoms with Crippen molar-refractivity contribution >= 4 is 23.0 Å². The smallest absolute Gasteiger partial charge is 0.120 e. The molecule has 0 amide bonds. The van der Waals surface area contributed by atoms with Crippen LogP contribution >= 0.6 is 11.6 Å². The number of hydrogen-bond donors (Lipinski definition) is 0. The third kappa shape index (κ3) is 2.87. The summed E-state index contributed by atoms with van der Waals surface area (Å²) in [5, 5.41) is 9.29. The molecule has 0 unspecified atom stereocenters. The summed E-state index contributed by atoms with van der Waals surface area (Å²) in [6.07, 6.45) is 0. The van der Waals surface area contributed by atoms with Crippen molar-refractivity contribution in [2.75, 3.05) is 19.1 Å². The number of benzene rings is 2. The molecule has 0 radical (unpaired) electrons. The molecule has 0 aliphatic rings. The lowest BCUT2D eigenvalue weighted by atomic mass is 10.1. The number of rotatable bonds is 4. The first kappa shape index (κ1) is 14.2. The van der Waals surface area contributed by atoms with Crippen LogP contribution in [0.3, 0.4) is 0 Å². The highest BCUT2D eigenvalue weighted by atomic mass is 35.5. The molecule has 0 fully saturated rings. The minimum Gasteiger partial charge on any atom is -0.497 e. The molecule has 0 N–H and O–H groups in total. The first-order valence-corrected chi connectivity index (χ1v) is 6.70. The van der Waals surface area contributed by atoms with Crippen molar-refractivity contribution in [3.8, 4) is 11.8 Å². The van der Waals surface area contributed by atoms with E-state index in [1.54, 1.807) is 7.11 Å². The van der Waals surface area contributed by atoms with Gasteiger partial charge in [0.25, 0.3) is 0 Å². The van der Waals surface area contributed by atoms with Gasteiger partial charge in [-0.3, -0.25) is 0 Å². The molecule has 2 rings (SSSR count). The van der Waals surface area contributed by atoms with E-state index in [0.29, 0.717) is 11.4 Å². The van der Waals surface area contributed by atoms with Crippen LogP contribution in [0, 0.1) is 11.3 Å². The number of nitriles is 1. The van der Waals surface area contributed by atoms with Crippen molar-refractivity contribution < 1.29 is 4.74 Å². The minimum absolute atomic E-state index is 0.401. The van der Waals surface area contributed by atoms with E-state index in [1.165, 1.54) is 0 Å². The van der Waals surface area contributed by atoms with E-state index >= 15 is 0 Å². The van der Waals surface area contributed by atoms with Crippen LogP contribution in [0.2, 0.25) is 0 Å². The van der Waals surface area contributed by atoms with Gasteiger partial charge in [-0.1, -0.05) is 12.1 Å². The van der Waals surface area contributed by atoms with Gasteiger partial charge in [0.1, 0.15) is 11.8 Å². The number of halogens is 1. The highest BCUT2D eigenvalue weighted by Crippen LogP contribution is 2.29. The largest absolute Gasteiger partial charge is 0.497 e. The van der Waals surface area contributed by atoms with Crippen molar-refractivity contribution in [1.82, 2.24) is 0 Å². The van der Waals surface area contributed by atoms with Gasteiger partial charge >= 0.3 is 0 Å². The summed E-state index contributed by atoms with van der Waals surface area (Å²) in [6, 6.07) is 15.6. The molecule has 0 saturated heterocycles. The monoisotopic (exact) mass is 286 g/mol. The van der Waals surface area contributed by atoms with Crippen LogP contribution in [0.15, 0.2) is 42.5 Å². The Labute approximate surface area is 124 Å². The summed E-state index contributed by atoms with van der Waals surface area (Å²) < 4.78 is 5.22. The van der Waals surface area contributed by atoms with Crippen molar-refractivity contribution in [3.05, 3.63) is 53.6 Å². The number of nitrogens with zero attached hydrogens (tertiary/aromatic N) is 2. The Kier molecular flexibility index (Phi) is 4.49. The van der Waals surface area contributed by atoms with Crippen LogP contribution in [-0.4, -0.2) is 14.2 Å². The van der Waals surface area contributed by atoms with Crippen LogP contribution in [0.4, 0.5) is 11.4 Å². The second-order valence-electron chi connectivity index (χ2n) is 4.36. The molecule has 0 saturated carbocycles. The van der Waals surface area contributed by atoms with E-state index < -0.39 is 0 Å². The van der Waals surface area contributed by atoms with Crippen LogP contribution in [0.1, 0.15) is 11.1 Å². The fourth-order valence-electron chi connectivity index (χ4n) is 2.01. The summed E-state index contributed by atoms with van der Waals surface area (Å²) >= 11 is 5.80. The van der Waals surface area contributed by atoms with E-state index in [4.69, 9.17) is 16.3 Å². The Morgan fingerprint density at radius 3 is 2.70 bits per heavy atom. The second kappa shape index (κ2) is 6.31. The fraction of sp³-hybridized carbons (Fsp3) is 0.188. The van der Waals surface area contributed by atoms with E-state index in [9.17, 15) is 5.26 Å². The van der Waals surface area contributed by atoms with Gasteiger partial charge in [-0.15, -0.1) is 11.6 Å². The third-order valence-corrected chi connectivity index (χ3v) is 3.45. The van der Waals surface area contributed by atoms with Gasteiger partial charge in [-0.2, -0.15) is 5.26 Å². The lowest BCUT2D eigenvalue weighted by molar-refractivity contribution is 0.415. The summed E-state index contributed by atoms with van der Waals surface area (Å²) in [7, 11) is 3.56. The first-order valence-electron chi connectivity index (χ1n) is 6.16. The van der Waals surface area contributed by atoms with Crippen LogP contribution in [0.25, 0.3) is 0 Å². The molecular formula is C16H15ClN2O. The van der Waals surface area contributed by atoms with E-state index in [2.05, 4.69) is 6.07 Å². The Balaban J connectivity index is 2.42. The van der Waals surface area contributed by atoms with Crippen molar-refractivity contribution in [1.29, 1.82) is 5.26 Å². The van der Waals surface area contributed by atoms with Gasteiger partial charge in [-0.05, 0) is 29.8 Å². The Hall–Kier alpha value is -2.18. The predicted octanol–water partition coefficient (Wildman–Crippen LogP) is 4.07. The predicted molar refractivity (Wildman–Crippen MR) is 81.8 cm³/mol. The van der Waals surface area contributed by atoms with E-state index in [0.717, 1.165) is 22.7 Å². The molecule has 0 bridgehead atoms. The van der Waals surface area contributed by atoms with Crippen molar-refractivity contribution in [2.45, 2.75) is 5.88 Å². The Bertz CT molecular complexity index is 649. The highest BCUT2D eigenvalue weighted by Gasteiger charge is 2.10. The lowest BCUT2D eigenvalue weighted by Crippen LogP contribution is -2.11. The molecule has 2 aromatic rings. The molecule has 3 nitrogen and oxygen atoms in total. The lowest BCUT2D eigenvalue weighted by Gasteiger charge is -2.21. The number of hydrogen-bond acceptors (Lipinski definition) is 3. The maximum absolute atomic E-state index is 9.29. The normalized spacial score (nSPS) is 9.90. The second-order valence-corrected chi connectivity index (χ2v) is 4.62. The molecule has 2 aromatic carbocycles. The van der Waals surface area contributed by atoms with E-state index in [-0.39, 0.29) is 0 Å².